The summed E-state index contributed by atoms with van der Waals surface area (Å²) in [5.41, 5.74) is 6.06. The highest BCUT2D eigenvalue weighted by Crippen LogP contribution is 2.50. The number of fused-ring (bicyclic) bond motifs is 3. The molecule has 0 radical (unpaired) electrons. The Morgan fingerprint density at radius 2 is 1.68 bits per heavy atom. The van der Waals surface area contributed by atoms with Crippen LogP contribution in [0, 0.1) is 5.92 Å². The van der Waals surface area contributed by atoms with Gasteiger partial charge in [-0.1, -0.05) is 66.7 Å². The van der Waals surface area contributed by atoms with E-state index in [4.69, 9.17) is 0 Å². The van der Waals surface area contributed by atoms with Crippen LogP contribution in [0.15, 0.2) is 84.9 Å². The molecule has 3 heteroatoms. The van der Waals surface area contributed by atoms with Crippen molar-refractivity contribution in [2.24, 2.45) is 5.92 Å². The van der Waals surface area contributed by atoms with Crippen molar-refractivity contribution in [1.82, 2.24) is 0 Å². The lowest BCUT2D eigenvalue weighted by molar-refractivity contribution is 0.0694. The Balaban J connectivity index is 1.59. The molecule has 3 aromatic carbocycles. The third kappa shape index (κ3) is 2.71. The van der Waals surface area contributed by atoms with Gasteiger partial charge in [-0.25, -0.2) is 4.79 Å². The van der Waals surface area contributed by atoms with Crippen molar-refractivity contribution in [3.05, 3.63) is 102 Å². The molecule has 3 atom stereocenters. The van der Waals surface area contributed by atoms with Gasteiger partial charge in [0.2, 0.25) is 0 Å². The Hall–Kier alpha value is -3.33. The zero-order chi connectivity index (χ0) is 19.1. The number of aromatic carboxylic acids is 1. The molecule has 138 valence electrons. The fourth-order valence-corrected chi connectivity index (χ4v) is 4.68. The molecule has 0 unspecified atom stereocenters. The molecule has 2 N–H and O–H groups in total. The molecule has 3 aromatic rings. The van der Waals surface area contributed by atoms with Crippen LogP contribution in [0.3, 0.4) is 0 Å². The molecule has 0 spiro atoms. The van der Waals surface area contributed by atoms with Crippen molar-refractivity contribution in [3.63, 3.8) is 0 Å². The van der Waals surface area contributed by atoms with Crippen LogP contribution in [0.4, 0.5) is 5.69 Å². The molecule has 0 bridgehead atoms. The van der Waals surface area contributed by atoms with E-state index in [1.165, 1.54) is 16.7 Å². The fourth-order valence-electron chi connectivity index (χ4n) is 4.68. The Bertz CT molecular complexity index is 1070. The van der Waals surface area contributed by atoms with E-state index in [0.717, 1.165) is 17.7 Å². The van der Waals surface area contributed by atoms with Crippen LogP contribution in [-0.4, -0.2) is 11.1 Å². The van der Waals surface area contributed by atoms with Crippen molar-refractivity contribution in [1.29, 1.82) is 0 Å². The normalized spacial score (nSPS) is 22.2. The van der Waals surface area contributed by atoms with Crippen LogP contribution in [0.2, 0.25) is 0 Å². The number of carboxylic acid groups (broad SMARTS) is 1. The number of hydrogen-bond donors (Lipinski definition) is 2. The summed E-state index contributed by atoms with van der Waals surface area (Å²) in [7, 11) is 0. The Morgan fingerprint density at radius 3 is 2.50 bits per heavy atom. The molecule has 0 aromatic heterocycles. The second kappa shape index (κ2) is 6.68. The first-order chi connectivity index (χ1) is 13.7. The van der Waals surface area contributed by atoms with Crippen molar-refractivity contribution in [2.45, 2.75) is 18.4 Å². The van der Waals surface area contributed by atoms with Crippen molar-refractivity contribution in [2.75, 3.05) is 5.32 Å². The van der Waals surface area contributed by atoms with Gasteiger partial charge in [0.05, 0.1) is 11.6 Å². The van der Waals surface area contributed by atoms with Gasteiger partial charge in [0.15, 0.2) is 0 Å². The van der Waals surface area contributed by atoms with Gasteiger partial charge < -0.3 is 10.4 Å². The molecule has 0 saturated heterocycles. The summed E-state index contributed by atoms with van der Waals surface area (Å²) >= 11 is 0. The van der Waals surface area contributed by atoms with E-state index < -0.39 is 5.97 Å². The summed E-state index contributed by atoms with van der Waals surface area (Å²) in [5, 5.41) is 13.3. The average Bonchev–Trinajstić information content (AvgIpc) is 3.24. The SMILES string of the molecule is O=C(O)c1ccccc1[C@@H]1Nc2ccc(-c3ccccc3)cc2[C@H]2C=CC[C@H]21. The molecule has 0 amide bonds. The number of nitrogens with one attached hydrogen (secondary N) is 1. The lowest BCUT2D eigenvalue weighted by Crippen LogP contribution is -2.30. The minimum absolute atomic E-state index is 0.0117. The van der Waals surface area contributed by atoms with E-state index in [-0.39, 0.29) is 6.04 Å². The fraction of sp³-hybridized carbons (Fsp3) is 0.160. The first kappa shape index (κ1) is 16.8. The first-order valence-corrected chi connectivity index (χ1v) is 9.67. The second-order valence-corrected chi connectivity index (χ2v) is 7.54. The molecule has 3 nitrogen and oxygen atoms in total. The molecule has 2 aliphatic rings. The average molecular weight is 367 g/mol. The molecule has 1 aliphatic carbocycles. The van der Waals surface area contributed by atoms with E-state index in [1.54, 1.807) is 12.1 Å². The van der Waals surface area contributed by atoms with E-state index >= 15 is 0 Å². The van der Waals surface area contributed by atoms with Gasteiger partial charge in [-0.3, -0.25) is 0 Å². The van der Waals surface area contributed by atoms with Gasteiger partial charge >= 0.3 is 5.97 Å². The lowest BCUT2D eigenvalue weighted by Gasteiger charge is -2.38. The van der Waals surface area contributed by atoms with Gasteiger partial charge in [-0.2, -0.15) is 0 Å². The molecule has 5 rings (SSSR count). The number of allylic oxidation sites excluding steroid dienone is 2. The minimum atomic E-state index is -0.870. The van der Waals surface area contributed by atoms with Gasteiger partial charge in [-0.05, 0) is 52.8 Å². The van der Waals surface area contributed by atoms with E-state index in [2.05, 4.69) is 59.9 Å². The number of carbonyl (C=O) groups is 1. The largest absolute Gasteiger partial charge is 0.478 e. The highest BCUT2D eigenvalue weighted by atomic mass is 16.4. The van der Waals surface area contributed by atoms with Crippen molar-refractivity contribution in [3.8, 4) is 11.1 Å². The number of anilines is 1. The summed E-state index contributed by atoms with van der Waals surface area (Å²) in [6.07, 6.45) is 5.47. The van der Waals surface area contributed by atoms with Crippen LogP contribution in [0.5, 0.6) is 0 Å². The maximum atomic E-state index is 11.8. The predicted octanol–water partition coefficient (Wildman–Crippen LogP) is 5.88. The van der Waals surface area contributed by atoms with Crippen LogP contribution < -0.4 is 5.32 Å². The van der Waals surface area contributed by atoms with E-state index in [9.17, 15) is 9.90 Å². The monoisotopic (exact) mass is 367 g/mol. The first-order valence-electron chi connectivity index (χ1n) is 9.67. The predicted molar refractivity (Wildman–Crippen MR) is 112 cm³/mol. The lowest BCUT2D eigenvalue weighted by atomic mass is 9.75. The summed E-state index contributed by atoms with van der Waals surface area (Å²) in [6, 6.07) is 24.3. The zero-order valence-electron chi connectivity index (χ0n) is 15.4. The Kier molecular flexibility index (Phi) is 4.01. The maximum Gasteiger partial charge on any atom is 0.336 e. The number of hydrogen-bond acceptors (Lipinski definition) is 2. The maximum absolute atomic E-state index is 11.8. The third-order valence-corrected chi connectivity index (χ3v) is 6.00. The quantitative estimate of drug-likeness (QED) is 0.569. The highest BCUT2D eigenvalue weighted by Gasteiger charge is 2.39. The Labute approximate surface area is 164 Å². The molecule has 28 heavy (non-hydrogen) atoms. The molecular weight excluding hydrogens is 346 g/mol. The van der Waals surface area contributed by atoms with Gasteiger partial charge in [0, 0.05) is 11.6 Å². The summed E-state index contributed by atoms with van der Waals surface area (Å²) in [4.78, 5) is 11.8. The topological polar surface area (TPSA) is 49.3 Å². The zero-order valence-corrected chi connectivity index (χ0v) is 15.4. The summed E-state index contributed by atoms with van der Waals surface area (Å²) in [5.74, 6) is -0.254. The second-order valence-electron chi connectivity index (χ2n) is 7.54. The van der Waals surface area contributed by atoms with Crippen LogP contribution in [-0.2, 0) is 0 Å². The van der Waals surface area contributed by atoms with E-state index in [0.29, 0.717) is 17.4 Å². The van der Waals surface area contributed by atoms with Crippen molar-refractivity contribution >= 4 is 11.7 Å². The molecular formula is C25H21NO2. The number of benzene rings is 3. The van der Waals surface area contributed by atoms with Gasteiger partial charge in [-0.15, -0.1) is 0 Å². The Morgan fingerprint density at radius 1 is 0.893 bits per heavy atom. The molecule has 1 aliphatic heterocycles. The van der Waals surface area contributed by atoms with Crippen LogP contribution in [0.25, 0.3) is 11.1 Å². The summed E-state index contributed by atoms with van der Waals surface area (Å²) in [6.45, 7) is 0. The van der Waals surface area contributed by atoms with Crippen LogP contribution in [0.1, 0.15) is 39.9 Å². The van der Waals surface area contributed by atoms with Gasteiger partial charge in [0.1, 0.15) is 0 Å². The van der Waals surface area contributed by atoms with Gasteiger partial charge in [0.25, 0.3) is 0 Å². The van der Waals surface area contributed by atoms with Crippen LogP contribution >= 0.6 is 0 Å². The number of rotatable bonds is 3. The third-order valence-electron chi connectivity index (χ3n) is 6.00. The van der Waals surface area contributed by atoms with Crippen molar-refractivity contribution < 1.29 is 9.90 Å². The smallest absolute Gasteiger partial charge is 0.336 e. The number of carboxylic acids is 1. The standard InChI is InChI=1S/C25H21NO2/c27-25(28)21-10-5-4-9-20(21)24-19-12-6-11-18(19)22-15-17(13-14-23(22)26-24)16-7-2-1-3-8-16/h1-11,13-15,18-19,24,26H,12H2,(H,27,28)/t18-,19+,24+/m0/s1. The highest BCUT2D eigenvalue weighted by molar-refractivity contribution is 5.90. The molecule has 0 fully saturated rings. The van der Waals surface area contributed by atoms with E-state index in [1.807, 2.05) is 18.2 Å². The molecule has 0 saturated carbocycles. The minimum Gasteiger partial charge on any atom is -0.478 e. The molecule has 1 heterocycles. The summed E-state index contributed by atoms with van der Waals surface area (Å²) < 4.78 is 0.